The van der Waals surface area contributed by atoms with Gasteiger partial charge in [0.15, 0.2) is 0 Å². The van der Waals surface area contributed by atoms with E-state index in [4.69, 9.17) is 0 Å². The number of benzene rings is 3. The Balaban J connectivity index is -0.00000363. The molecule has 3 aromatic carbocycles. The van der Waals surface area contributed by atoms with Gasteiger partial charge in [0.25, 0.3) is 60.7 Å². The molecule has 374 valence electrons. The van der Waals surface area contributed by atoms with Crippen molar-refractivity contribution in [3.63, 3.8) is 0 Å². The molecule has 0 bridgehead atoms. The van der Waals surface area contributed by atoms with Gasteiger partial charge in [-0.05, 0) is 91.6 Å². The van der Waals surface area contributed by atoms with E-state index in [9.17, 15) is 77.8 Å². The Labute approximate surface area is 546 Å². The van der Waals surface area contributed by atoms with Crippen molar-refractivity contribution >= 4 is 255 Å². The molecule has 70 heavy (non-hydrogen) atoms. The van der Waals surface area contributed by atoms with Crippen molar-refractivity contribution in [1.82, 2.24) is 0 Å². The van der Waals surface area contributed by atoms with Crippen molar-refractivity contribution in [2.24, 2.45) is 0 Å². The first-order valence-electron chi connectivity index (χ1n) is 19.7. The number of nitrogens with zero attached hydrogens (tertiary/aromatic N) is 3. The molecule has 0 unspecified atom stereocenters. The quantitative estimate of drug-likeness (QED) is 0.0267. The first-order chi connectivity index (χ1) is 29.5. The SMILES string of the molecule is O=S(=O)(O)CCCN(CCCS(=O)(=O)O)c1ccc(C(c2ccc(N(CCCS(=O)(=O)O)CCCS(=O)(=O)O)cc2)c2ccc(N(CCCS(=O)(=O)O)CCCS(=O)(=O)O)cc2)cc1.[NaH].[NaH].[NaH].[NaH].[NaH].[NaH]. The van der Waals surface area contributed by atoms with Gasteiger partial charge in [-0.2, -0.15) is 50.5 Å². The Hall–Kier alpha value is 2.52. The molecule has 0 aliphatic heterocycles. The molecule has 3 aromatic rings. The van der Waals surface area contributed by atoms with E-state index in [0.717, 1.165) is 16.7 Å². The van der Waals surface area contributed by atoms with Gasteiger partial charge in [0.2, 0.25) is 0 Å². The summed E-state index contributed by atoms with van der Waals surface area (Å²) in [6.07, 6.45) is -0.00555. The van der Waals surface area contributed by atoms with Crippen molar-refractivity contribution in [1.29, 1.82) is 0 Å². The maximum absolute atomic E-state index is 11.4. The summed E-state index contributed by atoms with van der Waals surface area (Å²) in [7, 11) is -25.7. The third kappa shape index (κ3) is 35.1. The molecular weight excluding hydrogens is 1100 g/mol. The summed E-state index contributed by atoms with van der Waals surface area (Å²) >= 11 is 0. The number of hydrogen-bond acceptors (Lipinski definition) is 15. The summed E-state index contributed by atoms with van der Waals surface area (Å²) in [5.74, 6) is -3.83. The van der Waals surface area contributed by atoms with Gasteiger partial charge in [-0.25, -0.2) is 0 Å². The number of anilines is 3. The molecule has 21 nitrogen and oxygen atoms in total. The van der Waals surface area contributed by atoms with Crippen LogP contribution in [0.25, 0.3) is 0 Å². The first-order valence-corrected chi connectivity index (χ1v) is 29.4. The number of rotatable bonds is 30. The van der Waals surface area contributed by atoms with Crippen LogP contribution < -0.4 is 14.7 Å². The molecule has 0 spiro atoms. The molecule has 0 saturated heterocycles. The molecule has 0 amide bonds. The first kappa shape index (κ1) is 79.0. The Bertz CT molecular complexity index is 2250. The van der Waals surface area contributed by atoms with Crippen LogP contribution in [0.2, 0.25) is 0 Å². The van der Waals surface area contributed by atoms with Crippen molar-refractivity contribution < 1.29 is 77.8 Å². The Morgan fingerprint density at radius 2 is 0.429 bits per heavy atom. The van der Waals surface area contributed by atoms with E-state index < -0.39 is 101 Å². The van der Waals surface area contributed by atoms with E-state index in [1.807, 2.05) is 0 Å². The minimum absolute atomic E-state index is 0. The van der Waals surface area contributed by atoms with Crippen molar-refractivity contribution in [3.05, 3.63) is 89.5 Å². The van der Waals surface area contributed by atoms with E-state index in [1.165, 1.54) is 0 Å². The monoisotopic (exact) mass is 1170 g/mol. The normalized spacial score (nSPS) is 11.9. The molecule has 0 heterocycles. The predicted molar refractivity (Wildman–Crippen MR) is 286 cm³/mol. The van der Waals surface area contributed by atoms with Gasteiger partial charge in [0.1, 0.15) is 0 Å². The third-order valence-electron chi connectivity index (χ3n) is 9.76. The van der Waals surface area contributed by atoms with Crippen LogP contribution in [0.3, 0.4) is 0 Å². The number of hydrogen-bond donors (Lipinski definition) is 6. The van der Waals surface area contributed by atoms with Crippen LogP contribution in [0.15, 0.2) is 72.8 Å². The molecule has 33 heteroatoms. The second kappa shape index (κ2) is 36.6. The fourth-order valence-corrected chi connectivity index (χ4v) is 9.91. The molecule has 0 atom stereocenters. The van der Waals surface area contributed by atoms with Crippen LogP contribution in [0.5, 0.6) is 0 Å². The summed E-state index contributed by atoms with van der Waals surface area (Å²) in [6.45, 7) is 0.624. The van der Waals surface area contributed by atoms with Gasteiger partial charge in [-0.15, -0.1) is 0 Å². The molecule has 0 aliphatic rings. The molecule has 0 aliphatic carbocycles. The summed E-state index contributed by atoms with van der Waals surface area (Å²) in [6, 6.07) is 21.1. The van der Waals surface area contributed by atoms with Crippen LogP contribution in [-0.2, 0) is 60.7 Å². The average molecular weight is 1170 g/mol. The molecule has 0 aromatic heterocycles. The zero-order valence-corrected chi connectivity index (χ0v) is 39.5. The van der Waals surface area contributed by atoms with Gasteiger partial charge in [0, 0.05) is 62.2 Å². The van der Waals surface area contributed by atoms with Crippen LogP contribution in [0, 0.1) is 0 Å². The van der Waals surface area contributed by atoms with Gasteiger partial charge in [-0.3, -0.25) is 27.3 Å². The van der Waals surface area contributed by atoms with E-state index in [0.29, 0.717) is 17.1 Å². The van der Waals surface area contributed by atoms with Crippen molar-refractivity contribution in [2.45, 2.75) is 44.4 Å². The summed E-state index contributed by atoms with van der Waals surface area (Å²) in [5.41, 5.74) is 3.85. The second-order valence-corrected chi connectivity index (χ2v) is 24.4. The Morgan fingerprint density at radius 3 is 0.557 bits per heavy atom. The average Bonchev–Trinajstić information content (AvgIpc) is 3.14. The maximum atomic E-state index is 11.4. The Morgan fingerprint density at radius 1 is 0.286 bits per heavy atom. The molecule has 3 rings (SSSR count). The fraction of sp³-hybridized carbons (Fsp3) is 0.514. The van der Waals surface area contributed by atoms with Crippen LogP contribution in [0.4, 0.5) is 17.1 Å². The summed E-state index contributed by atoms with van der Waals surface area (Å²) in [5, 5.41) is 0. The zero-order valence-electron chi connectivity index (χ0n) is 34.6. The molecular formula is C37H61N3Na6O18S6. The second-order valence-electron chi connectivity index (χ2n) is 15.0. The molecule has 0 fully saturated rings. The minimum atomic E-state index is -4.29. The van der Waals surface area contributed by atoms with Crippen molar-refractivity contribution in [3.8, 4) is 0 Å². The molecule has 0 saturated carbocycles. The molecule has 6 N–H and O–H groups in total. The van der Waals surface area contributed by atoms with E-state index in [1.54, 1.807) is 87.5 Å². The Kier molecular flexibility index (Phi) is 41.4. The van der Waals surface area contributed by atoms with E-state index >= 15 is 0 Å². The topological polar surface area (TPSA) is 336 Å². The van der Waals surface area contributed by atoms with Gasteiger partial charge >= 0.3 is 177 Å². The van der Waals surface area contributed by atoms with Gasteiger partial charge < -0.3 is 14.7 Å². The van der Waals surface area contributed by atoms with E-state index in [-0.39, 0.29) is 255 Å². The summed E-state index contributed by atoms with van der Waals surface area (Å²) < 4.78 is 193. The fourth-order valence-electron chi connectivity index (χ4n) is 6.95. The van der Waals surface area contributed by atoms with Gasteiger partial charge in [-0.1, -0.05) is 36.4 Å². The van der Waals surface area contributed by atoms with E-state index in [2.05, 4.69) is 0 Å². The van der Waals surface area contributed by atoms with Crippen LogP contribution >= 0.6 is 0 Å². The third-order valence-corrected chi connectivity index (χ3v) is 14.6. The van der Waals surface area contributed by atoms with Crippen LogP contribution in [0.1, 0.15) is 61.1 Å². The van der Waals surface area contributed by atoms with Gasteiger partial charge in [0.05, 0.1) is 34.5 Å². The molecule has 0 radical (unpaired) electrons. The predicted octanol–water partition coefficient (Wildman–Crippen LogP) is -0.938. The summed E-state index contributed by atoms with van der Waals surface area (Å²) in [4.78, 5) is 5.11. The van der Waals surface area contributed by atoms with Crippen LogP contribution in [-0.4, -0.2) is 329 Å². The standard InChI is InChI=1S/C37H55N3O18S6.6Na.6H/c41-59(42,43)25-1-19-38(20-2-26-60(44,45)46)34-13-7-31(8-14-34)37(32-9-15-35(16-10-32)39(21-3-27-61(47,48)49)22-4-28-62(50,51)52)33-11-17-36(18-12-33)40(23-5-29-63(53,54)55)24-6-30-64(56,57)58;;;;;;;;;;;;/h7-18,37H,1-6,19-30H2,(H,41,42,43)(H,44,45,46)(H,47,48,49)(H,50,51,52)(H,53,54,55)(H,56,57,58);;;;;;;;;;;;. The van der Waals surface area contributed by atoms with Crippen molar-refractivity contribution in [2.75, 3.05) is 88.5 Å². The zero-order chi connectivity index (χ0) is 48.0.